The van der Waals surface area contributed by atoms with Crippen molar-refractivity contribution in [3.05, 3.63) is 39.3 Å². The smallest absolute Gasteiger partial charge is 0.273 e. The van der Waals surface area contributed by atoms with Crippen LogP contribution in [0.4, 0.5) is 0 Å². The number of carbonyl (C=O) groups excluding carboxylic acids is 1. The van der Waals surface area contributed by atoms with Crippen molar-refractivity contribution in [3.63, 3.8) is 0 Å². The quantitative estimate of drug-likeness (QED) is 0.893. The average molecular weight is 347 g/mol. The van der Waals surface area contributed by atoms with Crippen molar-refractivity contribution >= 4 is 17.2 Å². The van der Waals surface area contributed by atoms with E-state index in [1.807, 2.05) is 22.4 Å². The summed E-state index contributed by atoms with van der Waals surface area (Å²) in [4.78, 5) is 18.9. The fourth-order valence-corrected chi connectivity index (χ4v) is 3.65. The van der Waals surface area contributed by atoms with Gasteiger partial charge >= 0.3 is 0 Å². The summed E-state index contributed by atoms with van der Waals surface area (Å²) in [6, 6.07) is 3.95. The number of nitrogens with two attached hydrogens (primary N) is 1. The van der Waals surface area contributed by atoms with Crippen molar-refractivity contribution in [2.24, 2.45) is 5.73 Å². The van der Waals surface area contributed by atoms with Crippen molar-refractivity contribution in [1.82, 2.24) is 9.88 Å². The number of amides is 1. The van der Waals surface area contributed by atoms with Crippen LogP contribution in [-0.4, -0.2) is 43.1 Å². The number of hydrogen-bond donors (Lipinski definition) is 1. The molecule has 0 aliphatic carbocycles. The van der Waals surface area contributed by atoms with Crippen LogP contribution in [0.15, 0.2) is 17.5 Å². The van der Waals surface area contributed by atoms with E-state index in [1.165, 1.54) is 16.9 Å². The molecular weight excluding hydrogens is 326 g/mol. The van der Waals surface area contributed by atoms with Crippen LogP contribution in [0, 0.1) is 0 Å². The van der Waals surface area contributed by atoms with E-state index in [1.54, 1.807) is 14.2 Å². The number of fused-ring (bicyclic) bond motifs is 1. The Bertz CT molecular complexity index is 745. The first-order valence-corrected chi connectivity index (χ1v) is 8.71. The molecule has 3 rings (SSSR count). The maximum atomic E-state index is 12.7. The molecule has 2 N–H and O–H groups in total. The van der Waals surface area contributed by atoms with Gasteiger partial charge in [0.25, 0.3) is 5.91 Å². The van der Waals surface area contributed by atoms with Crippen LogP contribution in [0.3, 0.4) is 0 Å². The Hall–Kier alpha value is -2.12. The summed E-state index contributed by atoms with van der Waals surface area (Å²) < 4.78 is 10.7. The third-order valence-corrected chi connectivity index (χ3v) is 5.04. The zero-order valence-electron chi connectivity index (χ0n) is 13.9. The van der Waals surface area contributed by atoms with Gasteiger partial charge in [0.05, 0.1) is 19.2 Å². The summed E-state index contributed by atoms with van der Waals surface area (Å²) >= 11 is 1.49. The van der Waals surface area contributed by atoms with Crippen LogP contribution in [0.25, 0.3) is 0 Å². The van der Waals surface area contributed by atoms with Crippen LogP contribution >= 0.6 is 11.3 Å². The number of hydrogen-bond acceptors (Lipinski definition) is 6. The van der Waals surface area contributed by atoms with E-state index < -0.39 is 0 Å². The monoisotopic (exact) mass is 347 g/mol. The topological polar surface area (TPSA) is 77.7 Å². The van der Waals surface area contributed by atoms with E-state index in [2.05, 4.69) is 4.98 Å². The van der Waals surface area contributed by atoms with Gasteiger partial charge < -0.3 is 20.1 Å². The molecule has 1 aromatic heterocycles. The molecule has 128 valence electrons. The van der Waals surface area contributed by atoms with Crippen LogP contribution in [0.1, 0.15) is 26.6 Å². The Labute approximate surface area is 145 Å². The third kappa shape index (κ3) is 3.22. The molecule has 0 saturated carbocycles. The number of nitrogens with zero attached hydrogens (tertiary/aromatic N) is 2. The molecule has 0 bridgehead atoms. The molecule has 0 atom stereocenters. The largest absolute Gasteiger partial charge is 0.493 e. The van der Waals surface area contributed by atoms with E-state index in [4.69, 9.17) is 15.2 Å². The lowest BCUT2D eigenvalue weighted by atomic mass is 9.98. The van der Waals surface area contributed by atoms with Crippen LogP contribution in [-0.2, 0) is 19.4 Å². The highest BCUT2D eigenvalue weighted by molar-refractivity contribution is 7.09. The molecule has 0 fully saturated rings. The number of rotatable bonds is 5. The van der Waals surface area contributed by atoms with E-state index >= 15 is 0 Å². The van der Waals surface area contributed by atoms with Gasteiger partial charge in [-0.15, -0.1) is 11.3 Å². The molecule has 0 spiro atoms. The molecule has 1 aliphatic rings. The van der Waals surface area contributed by atoms with E-state index in [-0.39, 0.29) is 5.91 Å². The summed E-state index contributed by atoms with van der Waals surface area (Å²) in [6.07, 6.45) is 1.50. The highest BCUT2D eigenvalue weighted by Gasteiger charge is 2.25. The minimum Gasteiger partial charge on any atom is -0.493 e. The highest BCUT2D eigenvalue weighted by Crippen LogP contribution is 2.33. The number of carbonyl (C=O) groups is 1. The lowest BCUT2D eigenvalue weighted by Crippen LogP contribution is -2.36. The van der Waals surface area contributed by atoms with Crippen LogP contribution in [0.5, 0.6) is 11.5 Å². The zero-order valence-corrected chi connectivity index (χ0v) is 14.7. The summed E-state index contributed by atoms with van der Waals surface area (Å²) in [7, 11) is 3.24. The van der Waals surface area contributed by atoms with Gasteiger partial charge in [-0.25, -0.2) is 4.98 Å². The van der Waals surface area contributed by atoms with Crippen molar-refractivity contribution in [2.45, 2.75) is 19.4 Å². The highest BCUT2D eigenvalue weighted by atomic mass is 32.1. The number of thiazole rings is 1. The normalized spacial score (nSPS) is 13.5. The van der Waals surface area contributed by atoms with Gasteiger partial charge in [-0.2, -0.15) is 0 Å². The number of methoxy groups -OCH3 is 2. The summed E-state index contributed by atoms with van der Waals surface area (Å²) in [5, 5.41) is 2.72. The van der Waals surface area contributed by atoms with Crippen molar-refractivity contribution in [2.75, 3.05) is 27.3 Å². The van der Waals surface area contributed by atoms with Gasteiger partial charge in [0.15, 0.2) is 11.5 Å². The number of ether oxygens (including phenoxy) is 2. The Kier molecular flexibility index (Phi) is 5.01. The molecule has 0 saturated heterocycles. The maximum Gasteiger partial charge on any atom is 0.273 e. The van der Waals surface area contributed by atoms with Gasteiger partial charge in [-0.05, 0) is 36.2 Å². The van der Waals surface area contributed by atoms with Crippen molar-refractivity contribution in [3.8, 4) is 11.5 Å². The molecule has 24 heavy (non-hydrogen) atoms. The number of benzene rings is 1. The molecule has 2 aromatic rings. The first-order chi connectivity index (χ1) is 11.7. The molecule has 2 heterocycles. The zero-order chi connectivity index (χ0) is 17.1. The van der Waals surface area contributed by atoms with Gasteiger partial charge in [0, 0.05) is 24.9 Å². The molecule has 0 radical (unpaired) electrons. The molecule has 1 aromatic carbocycles. The maximum absolute atomic E-state index is 12.7. The van der Waals surface area contributed by atoms with Gasteiger partial charge in [0.2, 0.25) is 0 Å². The Balaban J connectivity index is 1.79. The number of aromatic nitrogens is 1. The van der Waals surface area contributed by atoms with E-state index in [0.29, 0.717) is 37.5 Å². The van der Waals surface area contributed by atoms with Gasteiger partial charge in [0.1, 0.15) is 5.69 Å². The van der Waals surface area contributed by atoms with Crippen molar-refractivity contribution in [1.29, 1.82) is 0 Å². The van der Waals surface area contributed by atoms with Crippen LogP contribution < -0.4 is 15.2 Å². The standard InChI is InChI=1S/C17H21N3O3S/c1-22-14-7-11-4-6-20(9-12(11)8-15(14)23-2)17(21)13-10-24-16(19-13)3-5-18/h7-8,10H,3-6,9,18H2,1-2H3. The predicted molar refractivity (Wildman–Crippen MR) is 92.9 cm³/mol. The van der Waals surface area contributed by atoms with Crippen LogP contribution in [0.2, 0.25) is 0 Å². The predicted octanol–water partition coefficient (Wildman–Crippen LogP) is 1.86. The second-order valence-electron chi connectivity index (χ2n) is 5.62. The fourth-order valence-electron chi connectivity index (χ4n) is 2.87. The SMILES string of the molecule is COc1cc2c(cc1OC)CN(C(=O)c1csc(CCN)n1)CC2. The molecule has 6 nitrogen and oxygen atoms in total. The third-order valence-electron chi connectivity index (χ3n) is 4.13. The second kappa shape index (κ2) is 7.19. The van der Waals surface area contributed by atoms with Gasteiger partial charge in [-0.1, -0.05) is 0 Å². The summed E-state index contributed by atoms with van der Waals surface area (Å²) in [5.74, 6) is 1.38. The molecular formula is C17H21N3O3S. The summed E-state index contributed by atoms with van der Waals surface area (Å²) in [6.45, 7) is 1.77. The summed E-state index contributed by atoms with van der Waals surface area (Å²) in [5.41, 5.74) is 8.33. The Morgan fingerprint density at radius 3 is 2.67 bits per heavy atom. The first-order valence-electron chi connectivity index (χ1n) is 7.83. The Morgan fingerprint density at radius 2 is 2.00 bits per heavy atom. The van der Waals surface area contributed by atoms with Gasteiger partial charge in [-0.3, -0.25) is 4.79 Å². The van der Waals surface area contributed by atoms with E-state index in [9.17, 15) is 4.79 Å². The fraction of sp³-hybridized carbons (Fsp3) is 0.412. The Morgan fingerprint density at radius 1 is 1.29 bits per heavy atom. The molecule has 1 aliphatic heterocycles. The first kappa shape index (κ1) is 16.7. The molecule has 1 amide bonds. The van der Waals surface area contributed by atoms with Crippen molar-refractivity contribution < 1.29 is 14.3 Å². The van der Waals surface area contributed by atoms with E-state index in [0.717, 1.165) is 22.7 Å². The lowest BCUT2D eigenvalue weighted by molar-refractivity contribution is 0.0729. The molecule has 0 unspecified atom stereocenters. The molecule has 7 heteroatoms. The minimum atomic E-state index is -0.0324. The second-order valence-corrected chi connectivity index (χ2v) is 6.56. The minimum absolute atomic E-state index is 0.0324. The average Bonchev–Trinajstić information content (AvgIpc) is 3.08. The lowest BCUT2D eigenvalue weighted by Gasteiger charge is -2.29.